The SMILES string of the molecule is O=C(NCCc1c(F)cccc1F)NC1CCN(CC(F)F)CC1. The molecule has 1 aromatic carbocycles. The first-order chi connectivity index (χ1) is 11.5. The van der Waals surface area contributed by atoms with Gasteiger partial charge in [-0.25, -0.2) is 22.4 Å². The normalized spacial score (nSPS) is 16.4. The Balaban J connectivity index is 1.67. The Kier molecular flexibility index (Phi) is 6.84. The number of carbonyl (C=O) groups excluding carboxylic acids is 1. The van der Waals surface area contributed by atoms with Crippen molar-refractivity contribution >= 4 is 6.03 Å². The molecule has 1 fully saturated rings. The van der Waals surface area contributed by atoms with Gasteiger partial charge in [0.15, 0.2) is 0 Å². The molecule has 1 aliphatic rings. The molecule has 0 aliphatic carbocycles. The number of hydrogen-bond acceptors (Lipinski definition) is 2. The number of carbonyl (C=O) groups is 1. The summed E-state index contributed by atoms with van der Waals surface area (Å²) in [5, 5.41) is 5.32. The van der Waals surface area contributed by atoms with Gasteiger partial charge >= 0.3 is 6.03 Å². The third-order valence-electron chi connectivity index (χ3n) is 4.04. The number of amides is 2. The lowest BCUT2D eigenvalue weighted by Crippen LogP contribution is -2.48. The summed E-state index contributed by atoms with van der Waals surface area (Å²) in [5.74, 6) is -1.27. The minimum absolute atomic E-state index is 0.0543. The lowest BCUT2D eigenvalue weighted by Gasteiger charge is -2.32. The Morgan fingerprint density at radius 1 is 1.21 bits per heavy atom. The maximum absolute atomic E-state index is 13.4. The molecule has 0 saturated carbocycles. The summed E-state index contributed by atoms with van der Waals surface area (Å²) in [6, 6.07) is 3.13. The fourth-order valence-electron chi connectivity index (χ4n) is 2.76. The molecule has 2 N–H and O–H groups in total. The van der Waals surface area contributed by atoms with Crippen LogP contribution in [0.4, 0.5) is 22.4 Å². The number of halogens is 4. The van der Waals surface area contributed by atoms with Crippen molar-refractivity contribution in [1.82, 2.24) is 15.5 Å². The lowest BCUT2D eigenvalue weighted by molar-refractivity contribution is 0.0737. The summed E-state index contributed by atoms with van der Waals surface area (Å²) < 4.78 is 51.5. The van der Waals surface area contributed by atoms with Crippen LogP contribution in [0.5, 0.6) is 0 Å². The van der Waals surface area contributed by atoms with Crippen molar-refractivity contribution in [3.05, 3.63) is 35.4 Å². The highest BCUT2D eigenvalue weighted by atomic mass is 19.3. The smallest absolute Gasteiger partial charge is 0.315 e. The Morgan fingerprint density at radius 2 is 1.83 bits per heavy atom. The first-order valence-electron chi connectivity index (χ1n) is 7.93. The maximum atomic E-state index is 13.4. The minimum atomic E-state index is -2.35. The van der Waals surface area contributed by atoms with Gasteiger partial charge in [-0.05, 0) is 31.4 Å². The standard InChI is InChI=1S/C16H21F4N3O/c17-13-2-1-3-14(18)12(13)4-7-21-16(24)22-11-5-8-23(9-6-11)10-15(19)20/h1-3,11,15H,4-10H2,(H2,21,22,24). The Labute approximate surface area is 138 Å². The van der Waals surface area contributed by atoms with E-state index in [9.17, 15) is 22.4 Å². The second-order valence-electron chi connectivity index (χ2n) is 5.82. The zero-order chi connectivity index (χ0) is 17.5. The van der Waals surface area contributed by atoms with Crippen LogP contribution in [0.1, 0.15) is 18.4 Å². The van der Waals surface area contributed by atoms with E-state index in [4.69, 9.17) is 0 Å². The largest absolute Gasteiger partial charge is 0.338 e. The van der Waals surface area contributed by atoms with Crippen LogP contribution >= 0.6 is 0 Å². The van der Waals surface area contributed by atoms with E-state index in [-0.39, 0.29) is 31.1 Å². The molecule has 2 rings (SSSR count). The van der Waals surface area contributed by atoms with Gasteiger partial charge in [0.05, 0.1) is 6.54 Å². The third-order valence-corrected chi connectivity index (χ3v) is 4.04. The zero-order valence-electron chi connectivity index (χ0n) is 13.2. The van der Waals surface area contributed by atoms with E-state index in [0.29, 0.717) is 25.9 Å². The Morgan fingerprint density at radius 3 is 2.42 bits per heavy atom. The summed E-state index contributed by atoms with van der Waals surface area (Å²) in [5.41, 5.74) is -0.0573. The van der Waals surface area contributed by atoms with Gasteiger partial charge in [0.2, 0.25) is 0 Å². The highest BCUT2D eigenvalue weighted by Crippen LogP contribution is 2.13. The van der Waals surface area contributed by atoms with Gasteiger partial charge < -0.3 is 10.6 Å². The average molecular weight is 347 g/mol. The fourth-order valence-corrected chi connectivity index (χ4v) is 2.76. The summed E-state index contributed by atoms with van der Waals surface area (Å²) >= 11 is 0. The van der Waals surface area contributed by atoms with E-state index in [1.54, 1.807) is 4.90 Å². The van der Waals surface area contributed by atoms with Crippen LogP contribution in [-0.4, -0.2) is 49.6 Å². The molecular weight excluding hydrogens is 326 g/mol. The molecule has 1 heterocycles. The number of nitrogens with one attached hydrogen (secondary N) is 2. The number of rotatable bonds is 6. The summed E-state index contributed by atoms with van der Waals surface area (Å²) in [6.45, 7) is 0.881. The summed E-state index contributed by atoms with van der Waals surface area (Å²) in [7, 11) is 0. The first-order valence-corrected chi connectivity index (χ1v) is 7.93. The van der Waals surface area contributed by atoms with E-state index in [1.807, 2.05) is 0 Å². The second kappa shape index (κ2) is 8.86. The van der Waals surface area contributed by atoms with Gasteiger partial charge in [0.25, 0.3) is 6.43 Å². The van der Waals surface area contributed by atoms with Crippen molar-refractivity contribution in [3.63, 3.8) is 0 Å². The predicted molar refractivity (Wildman–Crippen MR) is 82.1 cm³/mol. The summed E-state index contributed by atoms with van der Waals surface area (Å²) in [4.78, 5) is 13.5. The Hall–Kier alpha value is -1.83. The van der Waals surface area contributed by atoms with Gasteiger partial charge in [0, 0.05) is 31.2 Å². The van der Waals surface area contributed by atoms with Crippen molar-refractivity contribution < 1.29 is 22.4 Å². The number of nitrogens with zero attached hydrogens (tertiary/aromatic N) is 1. The first kappa shape index (κ1) is 18.5. The van der Waals surface area contributed by atoms with E-state index >= 15 is 0 Å². The fraction of sp³-hybridized carbons (Fsp3) is 0.562. The van der Waals surface area contributed by atoms with Gasteiger partial charge in [-0.1, -0.05) is 6.07 Å². The third kappa shape index (κ3) is 5.67. The van der Waals surface area contributed by atoms with E-state index in [1.165, 1.54) is 18.2 Å². The topological polar surface area (TPSA) is 44.4 Å². The molecular formula is C16H21F4N3O. The molecule has 4 nitrogen and oxygen atoms in total. The average Bonchev–Trinajstić information content (AvgIpc) is 2.52. The Bertz CT molecular complexity index is 528. The minimum Gasteiger partial charge on any atom is -0.338 e. The van der Waals surface area contributed by atoms with Crippen LogP contribution < -0.4 is 10.6 Å². The zero-order valence-corrected chi connectivity index (χ0v) is 13.2. The molecule has 0 atom stereocenters. The predicted octanol–water partition coefficient (Wildman–Crippen LogP) is 2.54. The second-order valence-corrected chi connectivity index (χ2v) is 5.82. The van der Waals surface area contributed by atoms with Gasteiger partial charge in [0.1, 0.15) is 11.6 Å². The molecule has 0 unspecified atom stereocenters. The van der Waals surface area contributed by atoms with Gasteiger partial charge in [-0.15, -0.1) is 0 Å². The molecule has 0 aromatic heterocycles. The molecule has 0 spiro atoms. The highest BCUT2D eigenvalue weighted by Gasteiger charge is 2.22. The van der Waals surface area contributed by atoms with Crippen molar-refractivity contribution in [2.45, 2.75) is 31.7 Å². The van der Waals surface area contributed by atoms with Crippen molar-refractivity contribution in [2.24, 2.45) is 0 Å². The molecule has 134 valence electrons. The number of alkyl halides is 2. The molecule has 1 aromatic rings. The number of likely N-dealkylation sites (tertiary alicyclic amines) is 1. The molecule has 0 radical (unpaired) electrons. The maximum Gasteiger partial charge on any atom is 0.315 e. The van der Waals surface area contributed by atoms with Gasteiger partial charge in [-0.3, -0.25) is 4.90 Å². The van der Waals surface area contributed by atoms with Crippen LogP contribution in [0.15, 0.2) is 18.2 Å². The molecule has 2 amide bonds. The number of hydrogen-bond donors (Lipinski definition) is 2. The molecule has 1 saturated heterocycles. The van der Waals surface area contributed by atoms with Crippen LogP contribution in [0.2, 0.25) is 0 Å². The molecule has 8 heteroatoms. The number of benzene rings is 1. The van der Waals surface area contributed by atoms with Crippen molar-refractivity contribution in [3.8, 4) is 0 Å². The molecule has 1 aliphatic heterocycles. The van der Waals surface area contributed by atoms with Crippen LogP contribution in [-0.2, 0) is 6.42 Å². The summed E-state index contributed by atoms with van der Waals surface area (Å²) in [6.07, 6.45) is -1.10. The van der Waals surface area contributed by atoms with Crippen LogP contribution in [0.3, 0.4) is 0 Å². The van der Waals surface area contributed by atoms with E-state index in [2.05, 4.69) is 10.6 Å². The van der Waals surface area contributed by atoms with Crippen LogP contribution in [0.25, 0.3) is 0 Å². The quantitative estimate of drug-likeness (QED) is 0.777. The lowest BCUT2D eigenvalue weighted by atomic mass is 10.1. The van der Waals surface area contributed by atoms with E-state index in [0.717, 1.165) is 0 Å². The molecule has 0 bridgehead atoms. The number of piperidine rings is 1. The highest BCUT2D eigenvalue weighted by molar-refractivity contribution is 5.74. The van der Waals surface area contributed by atoms with Gasteiger partial charge in [-0.2, -0.15) is 0 Å². The number of urea groups is 1. The monoisotopic (exact) mass is 347 g/mol. The van der Waals surface area contributed by atoms with Crippen LogP contribution in [0, 0.1) is 11.6 Å². The van der Waals surface area contributed by atoms with E-state index < -0.39 is 24.1 Å². The van der Waals surface area contributed by atoms with Crippen molar-refractivity contribution in [2.75, 3.05) is 26.2 Å². The molecule has 24 heavy (non-hydrogen) atoms. The van der Waals surface area contributed by atoms with Crippen molar-refractivity contribution in [1.29, 1.82) is 0 Å².